The molecule has 0 amide bonds. The van der Waals surface area contributed by atoms with Crippen LogP contribution in [-0.4, -0.2) is 25.0 Å². The molecular formula is C9H9BrN2O5S. The van der Waals surface area contributed by atoms with E-state index in [2.05, 4.69) is 27.2 Å². The average Bonchev–Trinajstić information content (AvgIpc) is 2.26. The Kier molecular flexibility index (Phi) is 4.43. The van der Waals surface area contributed by atoms with Gasteiger partial charge in [0.05, 0.1) is 9.82 Å². The lowest BCUT2D eigenvalue weighted by Crippen LogP contribution is -2.24. The molecule has 0 spiro atoms. The first kappa shape index (κ1) is 14.6. The van der Waals surface area contributed by atoms with Crippen LogP contribution in [0.1, 0.15) is 0 Å². The molecule has 1 rings (SSSR count). The van der Waals surface area contributed by atoms with Crippen LogP contribution in [0.4, 0.5) is 5.69 Å². The van der Waals surface area contributed by atoms with Crippen LogP contribution in [0.5, 0.6) is 5.75 Å². The van der Waals surface area contributed by atoms with Gasteiger partial charge in [-0.25, -0.2) is 13.1 Å². The van der Waals surface area contributed by atoms with Gasteiger partial charge in [0.15, 0.2) is 5.75 Å². The van der Waals surface area contributed by atoms with E-state index in [9.17, 15) is 23.6 Å². The number of nitro benzene ring substituents is 1. The molecule has 0 fully saturated rings. The number of nitro groups is 1. The van der Waals surface area contributed by atoms with Gasteiger partial charge in [-0.15, -0.1) is 0 Å². The first-order valence-electron chi connectivity index (χ1n) is 4.54. The normalized spacial score (nSPS) is 11.2. The van der Waals surface area contributed by atoms with Gasteiger partial charge in [-0.1, -0.05) is 22.5 Å². The number of hydrogen-bond donors (Lipinski definition) is 2. The van der Waals surface area contributed by atoms with Crippen LogP contribution in [0.25, 0.3) is 0 Å². The maximum Gasteiger partial charge on any atom is 0.312 e. The highest BCUT2D eigenvalue weighted by molar-refractivity contribution is 9.11. The number of rotatable bonds is 5. The summed E-state index contributed by atoms with van der Waals surface area (Å²) >= 11 is 2.98. The van der Waals surface area contributed by atoms with Crippen molar-refractivity contribution in [1.82, 2.24) is 4.72 Å². The topological polar surface area (TPSA) is 110 Å². The zero-order valence-corrected chi connectivity index (χ0v) is 11.4. The number of nitrogens with zero attached hydrogens (tertiary/aromatic N) is 1. The monoisotopic (exact) mass is 336 g/mol. The zero-order chi connectivity index (χ0) is 13.9. The van der Waals surface area contributed by atoms with Crippen LogP contribution in [0, 0.1) is 10.1 Å². The Morgan fingerprint density at radius 2 is 2.17 bits per heavy atom. The van der Waals surface area contributed by atoms with Crippen molar-refractivity contribution in [2.45, 2.75) is 4.90 Å². The summed E-state index contributed by atoms with van der Waals surface area (Å²) in [6, 6.07) is 2.81. The van der Waals surface area contributed by atoms with E-state index in [0.717, 1.165) is 18.2 Å². The lowest BCUT2D eigenvalue weighted by molar-refractivity contribution is -0.386. The van der Waals surface area contributed by atoms with Gasteiger partial charge in [0, 0.05) is 17.1 Å². The summed E-state index contributed by atoms with van der Waals surface area (Å²) in [7, 11) is -3.88. The maximum absolute atomic E-state index is 11.7. The second-order valence-corrected chi connectivity index (χ2v) is 6.14. The van der Waals surface area contributed by atoms with E-state index in [4.69, 9.17) is 0 Å². The number of phenols is 1. The van der Waals surface area contributed by atoms with Crippen LogP contribution in [0.3, 0.4) is 0 Å². The minimum Gasteiger partial charge on any atom is -0.502 e. The summed E-state index contributed by atoms with van der Waals surface area (Å²) in [6.45, 7) is 3.41. The largest absolute Gasteiger partial charge is 0.502 e. The summed E-state index contributed by atoms with van der Waals surface area (Å²) in [4.78, 5) is 9.41. The van der Waals surface area contributed by atoms with Gasteiger partial charge < -0.3 is 5.11 Å². The molecule has 2 N–H and O–H groups in total. The standard InChI is InChI=1S/C9H9BrN2O5S/c1-6(10)5-11-18(16,17)7-2-3-9(13)8(4-7)12(14)15/h2-4,11,13H,1,5H2. The van der Waals surface area contributed by atoms with Crippen molar-refractivity contribution in [2.75, 3.05) is 6.54 Å². The molecule has 0 aromatic heterocycles. The van der Waals surface area contributed by atoms with Crippen molar-refractivity contribution in [3.05, 3.63) is 39.4 Å². The lowest BCUT2D eigenvalue weighted by Gasteiger charge is -2.06. The quantitative estimate of drug-likeness (QED) is 0.625. The molecule has 0 aliphatic carbocycles. The van der Waals surface area contributed by atoms with Crippen LogP contribution >= 0.6 is 15.9 Å². The molecule has 1 aromatic carbocycles. The number of nitrogens with one attached hydrogen (secondary N) is 1. The maximum atomic E-state index is 11.7. The molecule has 0 bridgehead atoms. The molecule has 98 valence electrons. The third kappa shape index (κ3) is 3.52. The fourth-order valence-corrected chi connectivity index (χ4v) is 2.44. The summed E-state index contributed by atoms with van der Waals surface area (Å²) in [5, 5.41) is 19.8. The van der Waals surface area contributed by atoms with E-state index in [1.807, 2.05) is 0 Å². The number of benzene rings is 1. The molecule has 0 heterocycles. The summed E-state index contributed by atoms with van der Waals surface area (Å²) in [6.07, 6.45) is 0. The van der Waals surface area contributed by atoms with Gasteiger partial charge in [0.25, 0.3) is 0 Å². The highest BCUT2D eigenvalue weighted by Crippen LogP contribution is 2.28. The van der Waals surface area contributed by atoms with Gasteiger partial charge >= 0.3 is 5.69 Å². The van der Waals surface area contributed by atoms with Gasteiger partial charge in [0.2, 0.25) is 10.0 Å². The van der Waals surface area contributed by atoms with E-state index in [1.165, 1.54) is 0 Å². The van der Waals surface area contributed by atoms with E-state index in [0.29, 0.717) is 4.48 Å². The summed E-state index contributed by atoms with van der Waals surface area (Å²) in [5.41, 5.74) is -0.671. The Balaban J connectivity index is 3.14. The fourth-order valence-electron chi connectivity index (χ4n) is 1.07. The Labute approximate surface area is 111 Å². The number of sulfonamides is 1. The van der Waals surface area contributed by atoms with E-state index in [-0.39, 0.29) is 11.4 Å². The van der Waals surface area contributed by atoms with Crippen LogP contribution in [0.15, 0.2) is 34.2 Å². The van der Waals surface area contributed by atoms with Gasteiger partial charge in [0.1, 0.15) is 0 Å². The molecule has 0 radical (unpaired) electrons. The van der Waals surface area contributed by atoms with Crippen molar-refractivity contribution in [2.24, 2.45) is 0 Å². The SMILES string of the molecule is C=C(Br)CNS(=O)(=O)c1ccc(O)c([N+](=O)[O-])c1. The smallest absolute Gasteiger partial charge is 0.312 e. The molecule has 18 heavy (non-hydrogen) atoms. The first-order valence-corrected chi connectivity index (χ1v) is 6.82. The van der Waals surface area contributed by atoms with Crippen molar-refractivity contribution in [1.29, 1.82) is 0 Å². The van der Waals surface area contributed by atoms with Crippen molar-refractivity contribution in [3.8, 4) is 5.75 Å². The number of aromatic hydroxyl groups is 1. The Bertz CT molecular complexity index is 599. The first-order chi connectivity index (χ1) is 8.24. The minimum absolute atomic E-state index is 0.0446. The van der Waals surface area contributed by atoms with Gasteiger partial charge in [-0.3, -0.25) is 10.1 Å². The minimum atomic E-state index is -3.88. The van der Waals surface area contributed by atoms with Crippen LogP contribution in [-0.2, 0) is 10.0 Å². The van der Waals surface area contributed by atoms with Crippen LogP contribution < -0.4 is 4.72 Å². The van der Waals surface area contributed by atoms with E-state index >= 15 is 0 Å². The second-order valence-electron chi connectivity index (χ2n) is 3.25. The third-order valence-electron chi connectivity index (χ3n) is 1.91. The molecule has 0 unspecified atom stereocenters. The lowest BCUT2D eigenvalue weighted by atomic mass is 10.3. The molecule has 9 heteroatoms. The predicted octanol–water partition coefficient (Wildman–Crippen LogP) is 1.49. The van der Waals surface area contributed by atoms with E-state index in [1.54, 1.807) is 0 Å². The molecule has 0 aliphatic heterocycles. The number of hydrogen-bond acceptors (Lipinski definition) is 5. The van der Waals surface area contributed by atoms with Crippen molar-refractivity contribution >= 4 is 31.6 Å². The highest BCUT2D eigenvalue weighted by Gasteiger charge is 2.20. The highest BCUT2D eigenvalue weighted by atomic mass is 79.9. The number of phenolic OH excluding ortho intramolecular Hbond substituents is 1. The molecule has 0 aliphatic rings. The molecule has 7 nitrogen and oxygen atoms in total. The molecule has 0 saturated heterocycles. The molecule has 1 aromatic rings. The number of halogens is 1. The molecule has 0 atom stereocenters. The fraction of sp³-hybridized carbons (Fsp3) is 0.111. The second kappa shape index (κ2) is 5.46. The van der Waals surface area contributed by atoms with Crippen molar-refractivity contribution in [3.63, 3.8) is 0 Å². The third-order valence-corrected chi connectivity index (χ3v) is 3.59. The Morgan fingerprint density at radius 1 is 1.56 bits per heavy atom. The average molecular weight is 337 g/mol. The zero-order valence-electron chi connectivity index (χ0n) is 8.96. The van der Waals surface area contributed by atoms with Gasteiger partial charge in [-0.2, -0.15) is 0 Å². The Morgan fingerprint density at radius 3 is 2.67 bits per heavy atom. The van der Waals surface area contributed by atoms with E-state index < -0.39 is 26.4 Å². The molecule has 0 saturated carbocycles. The molecular weight excluding hydrogens is 328 g/mol. The van der Waals surface area contributed by atoms with Crippen molar-refractivity contribution < 1.29 is 18.4 Å². The Hall–Kier alpha value is -1.45. The van der Waals surface area contributed by atoms with Gasteiger partial charge in [-0.05, 0) is 12.1 Å². The van der Waals surface area contributed by atoms with Crippen LogP contribution in [0.2, 0.25) is 0 Å². The summed E-state index contributed by atoms with van der Waals surface area (Å²) in [5.74, 6) is -0.594. The summed E-state index contributed by atoms with van der Waals surface area (Å²) < 4.78 is 26.1. The predicted molar refractivity (Wildman–Crippen MR) is 68.0 cm³/mol.